The van der Waals surface area contributed by atoms with Gasteiger partial charge in [-0.2, -0.15) is 0 Å². The van der Waals surface area contributed by atoms with Gasteiger partial charge in [-0.15, -0.1) is 0 Å². The summed E-state index contributed by atoms with van der Waals surface area (Å²) < 4.78 is 18.2. The number of nitrogens with two attached hydrogens (primary N) is 1. The van der Waals surface area contributed by atoms with Crippen LogP contribution < -0.4 is 10.5 Å². The Morgan fingerprint density at radius 2 is 2.06 bits per heavy atom. The molecule has 4 heterocycles. The predicted molar refractivity (Wildman–Crippen MR) is 129 cm³/mol. The van der Waals surface area contributed by atoms with E-state index in [9.17, 15) is 5.11 Å². The van der Waals surface area contributed by atoms with Gasteiger partial charge in [0.15, 0.2) is 22.9 Å². The van der Waals surface area contributed by atoms with Gasteiger partial charge in [0.05, 0.1) is 24.8 Å². The molecule has 1 saturated heterocycles. The third-order valence-electron chi connectivity index (χ3n) is 6.19. The highest BCUT2D eigenvalue weighted by molar-refractivity contribution is 5.85. The molecule has 35 heavy (non-hydrogen) atoms. The van der Waals surface area contributed by atoms with E-state index in [2.05, 4.69) is 20.2 Å². The number of pyridine rings is 1. The fourth-order valence-corrected chi connectivity index (χ4v) is 4.35. The summed E-state index contributed by atoms with van der Waals surface area (Å²) in [6.07, 6.45) is 2.68. The van der Waals surface area contributed by atoms with Crippen molar-refractivity contribution in [3.8, 4) is 23.1 Å². The number of fused-ring (bicyclic) bond motifs is 1. The highest BCUT2D eigenvalue weighted by Crippen LogP contribution is 2.33. The number of benzene rings is 1. The number of aliphatic hydroxyl groups is 1. The summed E-state index contributed by atoms with van der Waals surface area (Å²) in [6, 6.07) is 9.32. The van der Waals surface area contributed by atoms with E-state index in [1.165, 1.54) is 0 Å². The fraction of sp³-hybridized carbons (Fsp3) is 0.417. The molecule has 0 saturated carbocycles. The van der Waals surface area contributed by atoms with Gasteiger partial charge < -0.3 is 24.9 Å². The number of hydrogen-bond donors (Lipinski definition) is 2. The van der Waals surface area contributed by atoms with Crippen molar-refractivity contribution in [3.63, 3.8) is 0 Å². The van der Waals surface area contributed by atoms with Crippen molar-refractivity contribution >= 4 is 16.9 Å². The Balaban J connectivity index is 1.33. The van der Waals surface area contributed by atoms with Crippen LogP contribution >= 0.6 is 0 Å². The number of aromatic nitrogens is 5. The van der Waals surface area contributed by atoms with Gasteiger partial charge in [0, 0.05) is 25.8 Å². The van der Waals surface area contributed by atoms with Crippen LogP contribution in [0.25, 0.3) is 22.6 Å². The zero-order valence-corrected chi connectivity index (χ0v) is 19.6. The Bertz CT molecular complexity index is 1280. The van der Waals surface area contributed by atoms with Crippen molar-refractivity contribution in [1.82, 2.24) is 29.7 Å². The second kappa shape index (κ2) is 10.4. The average molecular weight is 480 g/mol. The van der Waals surface area contributed by atoms with Crippen LogP contribution in [0.4, 0.5) is 5.82 Å². The Labute approximate surface area is 202 Å². The number of nitrogen functional groups attached to an aromatic ring is 1. The van der Waals surface area contributed by atoms with Crippen molar-refractivity contribution in [1.29, 1.82) is 0 Å². The van der Waals surface area contributed by atoms with E-state index in [4.69, 9.17) is 24.8 Å². The number of rotatable bonds is 9. The van der Waals surface area contributed by atoms with Crippen LogP contribution in [-0.2, 0) is 11.3 Å². The van der Waals surface area contributed by atoms with Crippen LogP contribution in [0.3, 0.4) is 0 Å². The molecule has 1 aliphatic rings. The minimum Gasteiger partial charge on any atom is -0.437 e. The van der Waals surface area contributed by atoms with Crippen LogP contribution in [0.5, 0.6) is 11.6 Å². The second-order valence-corrected chi connectivity index (χ2v) is 8.45. The minimum atomic E-state index is -0.572. The molecular weight excluding hydrogens is 450 g/mol. The molecular formula is C24H29N7O4. The van der Waals surface area contributed by atoms with Gasteiger partial charge in [0.25, 0.3) is 0 Å². The van der Waals surface area contributed by atoms with Crippen LogP contribution in [0.15, 0.2) is 41.2 Å². The monoisotopic (exact) mass is 479 g/mol. The van der Waals surface area contributed by atoms with Crippen molar-refractivity contribution in [2.24, 2.45) is 0 Å². The van der Waals surface area contributed by atoms with Crippen molar-refractivity contribution in [2.45, 2.75) is 32.4 Å². The summed E-state index contributed by atoms with van der Waals surface area (Å²) >= 11 is 0. The van der Waals surface area contributed by atoms with Crippen molar-refractivity contribution < 1.29 is 19.2 Å². The number of nitrogens with zero attached hydrogens (tertiary/aromatic N) is 6. The number of hydrogen-bond acceptors (Lipinski definition) is 10. The lowest BCUT2D eigenvalue weighted by Crippen LogP contribution is -2.36. The molecule has 0 spiro atoms. The molecule has 1 aliphatic heterocycles. The number of aliphatic hydroxyl groups excluding tert-OH is 1. The Hall–Kier alpha value is -3.54. The van der Waals surface area contributed by atoms with Gasteiger partial charge >= 0.3 is 0 Å². The topological polar surface area (TPSA) is 138 Å². The molecule has 0 bridgehead atoms. The van der Waals surface area contributed by atoms with Gasteiger partial charge in [-0.05, 0) is 60.4 Å². The molecule has 4 aromatic rings. The van der Waals surface area contributed by atoms with Gasteiger partial charge in [-0.25, -0.2) is 14.6 Å². The van der Waals surface area contributed by atoms with Gasteiger partial charge in [-0.3, -0.25) is 4.90 Å². The highest BCUT2D eigenvalue weighted by atomic mass is 16.6. The fourth-order valence-electron chi connectivity index (χ4n) is 4.35. The average Bonchev–Trinajstić information content (AvgIpc) is 3.48. The Morgan fingerprint density at radius 1 is 1.20 bits per heavy atom. The quantitative estimate of drug-likeness (QED) is 0.368. The molecule has 11 heteroatoms. The van der Waals surface area contributed by atoms with Crippen LogP contribution in [0.1, 0.15) is 31.4 Å². The molecule has 1 atom stereocenters. The van der Waals surface area contributed by atoms with E-state index in [0.717, 1.165) is 50.3 Å². The summed E-state index contributed by atoms with van der Waals surface area (Å²) in [5.41, 5.74) is 8.48. The van der Waals surface area contributed by atoms with Crippen LogP contribution in [-0.4, -0.2) is 67.7 Å². The van der Waals surface area contributed by atoms with E-state index < -0.39 is 6.10 Å². The molecule has 1 aromatic carbocycles. The van der Waals surface area contributed by atoms with Crippen LogP contribution in [0, 0.1) is 0 Å². The molecule has 3 N–H and O–H groups in total. The number of aryl methyl sites for hydroxylation is 1. The maximum Gasteiger partial charge on any atom is 0.247 e. The van der Waals surface area contributed by atoms with E-state index in [1.54, 1.807) is 6.20 Å². The first-order valence-electron chi connectivity index (χ1n) is 11.8. The molecule has 0 aliphatic carbocycles. The molecule has 1 fully saturated rings. The molecule has 184 valence electrons. The lowest BCUT2D eigenvalue weighted by Gasteiger charge is -2.26. The van der Waals surface area contributed by atoms with Gasteiger partial charge in [0.1, 0.15) is 5.75 Å². The third kappa shape index (κ3) is 4.97. The summed E-state index contributed by atoms with van der Waals surface area (Å²) in [5, 5.41) is 18.3. The molecule has 1 unspecified atom stereocenters. The van der Waals surface area contributed by atoms with Gasteiger partial charge in [-0.1, -0.05) is 12.1 Å². The van der Waals surface area contributed by atoms with Crippen LogP contribution in [0.2, 0.25) is 0 Å². The van der Waals surface area contributed by atoms with E-state index in [-0.39, 0.29) is 5.82 Å². The first kappa shape index (κ1) is 23.2. The largest absolute Gasteiger partial charge is 0.437 e. The molecule has 5 rings (SSSR count). The molecule has 3 aromatic heterocycles. The smallest absolute Gasteiger partial charge is 0.247 e. The SMILES string of the molecule is CCn1c(-c2nonc2N)nc2c(Oc3cccc(C(O)CCCN4CCOCC4)c3)nccc21. The lowest BCUT2D eigenvalue weighted by atomic mass is 10.0. The van der Waals surface area contributed by atoms with E-state index in [1.807, 2.05) is 41.8 Å². The zero-order valence-electron chi connectivity index (χ0n) is 19.6. The summed E-state index contributed by atoms with van der Waals surface area (Å²) in [7, 11) is 0. The molecule has 0 amide bonds. The third-order valence-corrected chi connectivity index (χ3v) is 6.19. The Morgan fingerprint density at radius 3 is 2.83 bits per heavy atom. The number of anilines is 1. The minimum absolute atomic E-state index is 0.167. The maximum atomic E-state index is 10.8. The first-order valence-corrected chi connectivity index (χ1v) is 11.8. The zero-order chi connectivity index (χ0) is 24.2. The van der Waals surface area contributed by atoms with E-state index in [0.29, 0.717) is 41.6 Å². The molecule has 0 radical (unpaired) electrons. The van der Waals surface area contributed by atoms with E-state index >= 15 is 0 Å². The van der Waals surface area contributed by atoms with Crippen molar-refractivity contribution in [2.75, 3.05) is 38.6 Å². The second-order valence-electron chi connectivity index (χ2n) is 8.45. The number of imidazole rings is 1. The summed E-state index contributed by atoms with van der Waals surface area (Å²) in [4.78, 5) is 11.5. The lowest BCUT2D eigenvalue weighted by molar-refractivity contribution is 0.0352. The standard InChI is InChI=1S/C24H29N7O4/c1-2-31-18-8-9-26-24(20(18)27-23(31)21-22(25)29-35-28-21)34-17-6-3-5-16(15-17)19(32)7-4-10-30-11-13-33-14-12-30/h3,5-6,8-9,15,19,32H,2,4,7,10-14H2,1H3,(H2,25,29). The maximum absolute atomic E-state index is 10.8. The number of morpholine rings is 1. The number of ether oxygens (including phenoxy) is 2. The predicted octanol–water partition coefficient (Wildman–Crippen LogP) is 3.02. The van der Waals surface area contributed by atoms with Crippen molar-refractivity contribution in [3.05, 3.63) is 42.1 Å². The summed E-state index contributed by atoms with van der Waals surface area (Å²) in [6.45, 7) is 7.05. The normalized spacial score (nSPS) is 15.5. The summed E-state index contributed by atoms with van der Waals surface area (Å²) in [5.74, 6) is 1.62. The highest BCUT2D eigenvalue weighted by Gasteiger charge is 2.21. The van der Waals surface area contributed by atoms with Gasteiger partial charge in [0.2, 0.25) is 5.88 Å². The first-order chi connectivity index (χ1) is 17.1. The Kier molecular flexibility index (Phi) is 6.89. The molecule has 11 nitrogen and oxygen atoms in total.